The summed E-state index contributed by atoms with van der Waals surface area (Å²) in [7, 11) is 1.61. The quantitative estimate of drug-likeness (QED) is 0.544. The van der Waals surface area contributed by atoms with Gasteiger partial charge < -0.3 is 4.74 Å². The van der Waals surface area contributed by atoms with E-state index in [1.165, 1.54) is 12.1 Å². The normalized spacial score (nSPS) is 11.3. The second kappa shape index (κ2) is 7.91. The molecule has 5 nitrogen and oxygen atoms in total. The van der Waals surface area contributed by atoms with E-state index in [4.69, 9.17) is 4.74 Å². The van der Waals surface area contributed by atoms with Crippen molar-refractivity contribution in [2.75, 3.05) is 26.8 Å². The van der Waals surface area contributed by atoms with Crippen molar-refractivity contribution in [3.8, 4) is 0 Å². The molecule has 0 aliphatic rings. The van der Waals surface area contributed by atoms with Crippen LogP contribution in [0.15, 0.2) is 18.2 Å². The minimum absolute atomic E-state index is 0.342. The molecule has 0 aliphatic carbocycles. The number of nitrogens with zero attached hydrogens (tertiary/aromatic N) is 2. The van der Waals surface area contributed by atoms with Gasteiger partial charge in [0.2, 0.25) is 5.82 Å². The number of halogens is 1. The second-order valence-electron chi connectivity index (χ2n) is 5.13. The molecule has 0 spiro atoms. The highest BCUT2D eigenvalue weighted by Crippen LogP contribution is 2.21. The topological polar surface area (TPSA) is 55.6 Å². The molecule has 0 unspecified atom stereocenters. The Balaban J connectivity index is 2.87. The summed E-state index contributed by atoms with van der Waals surface area (Å²) in [6.07, 6.45) is 0. The van der Waals surface area contributed by atoms with E-state index in [0.717, 1.165) is 6.54 Å². The molecular weight excluding hydrogens is 263 g/mol. The highest BCUT2D eigenvalue weighted by atomic mass is 19.1. The number of hydrogen-bond acceptors (Lipinski definition) is 4. The van der Waals surface area contributed by atoms with E-state index in [-0.39, 0.29) is 0 Å². The minimum Gasteiger partial charge on any atom is -0.383 e. The summed E-state index contributed by atoms with van der Waals surface area (Å²) >= 11 is 0. The lowest BCUT2D eigenvalue weighted by molar-refractivity contribution is -0.387. The summed E-state index contributed by atoms with van der Waals surface area (Å²) in [5.74, 6) is -0.322. The predicted molar refractivity (Wildman–Crippen MR) is 75.0 cm³/mol. The molecule has 0 amide bonds. The average molecular weight is 284 g/mol. The van der Waals surface area contributed by atoms with Crippen molar-refractivity contribution in [2.24, 2.45) is 5.92 Å². The molecule has 0 N–H and O–H groups in total. The van der Waals surface area contributed by atoms with Crippen LogP contribution in [0, 0.1) is 21.8 Å². The van der Waals surface area contributed by atoms with Crippen molar-refractivity contribution in [2.45, 2.75) is 20.4 Å². The van der Waals surface area contributed by atoms with Gasteiger partial charge in [0.15, 0.2) is 0 Å². The molecule has 0 aromatic heterocycles. The van der Waals surface area contributed by atoms with Crippen molar-refractivity contribution in [3.63, 3.8) is 0 Å². The van der Waals surface area contributed by atoms with Gasteiger partial charge in [0.1, 0.15) is 0 Å². The lowest BCUT2D eigenvalue weighted by atomic mass is 10.1. The van der Waals surface area contributed by atoms with Crippen LogP contribution < -0.4 is 0 Å². The van der Waals surface area contributed by atoms with Crippen LogP contribution in [0.25, 0.3) is 0 Å². The summed E-state index contributed by atoms with van der Waals surface area (Å²) in [5, 5.41) is 10.7. The SMILES string of the molecule is COCCN(Cc1cccc([N+](=O)[O-])c1F)CC(C)C. The fourth-order valence-electron chi connectivity index (χ4n) is 2.04. The molecule has 1 aromatic carbocycles. The zero-order chi connectivity index (χ0) is 15.1. The molecule has 0 atom stereocenters. The minimum atomic E-state index is -0.747. The first-order valence-corrected chi connectivity index (χ1v) is 6.58. The fourth-order valence-corrected chi connectivity index (χ4v) is 2.04. The van der Waals surface area contributed by atoms with Gasteiger partial charge in [-0.3, -0.25) is 15.0 Å². The van der Waals surface area contributed by atoms with Gasteiger partial charge in [0.25, 0.3) is 0 Å². The molecule has 20 heavy (non-hydrogen) atoms. The van der Waals surface area contributed by atoms with Gasteiger partial charge in [-0.05, 0) is 5.92 Å². The van der Waals surface area contributed by atoms with Gasteiger partial charge in [-0.2, -0.15) is 4.39 Å². The van der Waals surface area contributed by atoms with Crippen molar-refractivity contribution >= 4 is 5.69 Å². The number of methoxy groups -OCH3 is 1. The van der Waals surface area contributed by atoms with Gasteiger partial charge in [-0.15, -0.1) is 0 Å². The zero-order valence-corrected chi connectivity index (χ0v) is 12.1. The van der Waals surface area contributed by atoms with Gasteiger partial charge in [0.05, 0.1) is 11.5 Å². The molecule has 1 aromatic rings. The third-order valence-corrected chi connectivity index (χ3v) is 2.88. The standard InChI is InChI=1S/C14H21FN2O3/c1-11(2)9-16(7-8-20-3)10-12-5-4-6-13(14(12)15)17(18)19/h4-6,11H,7-10H2,1-3H3. The van der Waals surface area contributed by atoms with E-state index in [1.807, 2.05) is 4.90 Å². The molecule has 0 bridgehead atoms. The largest absolute Gasteiger partial charge is 0.383 e. The molecule has 0 radical (unpaired) electrons. The van der Waals surface area contributed by atoms with Gasteiger partial charge in [-0.1, -0.05) is 26.0 Å². The maximum absolute atomic E-state index is 14.0. The third kappa shape index (κ3) is 4.86. The Morgan fingerprint density at radius 1 is 1.45 bits per heavy atom. The molecule has 1 rings (SSSR count). The lowest BCUT2D eigenvalue weighted by Crippen LogP contribution is -2.31. The number of hydrogen-bond donors (Lipinski definition) is 0. The number of rotatable bonds is 8. The smallest absolute Gasteiger partial charge is 0.305 e. The predicted octanol–water partition coefficient (Wildman–Crippen LogP) is 2.84. The summed E-state index contributed by atoms with van der Waals surface area (Å²) < 4.78 is 19.1. The summed E-state index contributed by atoms with van der Waals surface area (Å²) in [6, 6.07) is 4.28. The maximum Gasteiger partial charge on any atom is 0.305 e. The van der Waals surface area contributed by atoms with Crippen LogP contribution in [0.1, 0.15) is 19.4 Å². The van der Waals surface area contributed by atoms with E-state index in [0.29, 0.717) is 31.2 Å². The Labute approximate surface area is 118 Å². The molecule has 0 saturated heterocycles. The van der Waals surface area contributed by atoms with Crippen LogP contribution in [0.4, 0.5) is 10.1 Å². The highest BCUT2D eigenvalue weighted by molar-refractivity contribution is 5.36. The Bertz CT molecular complexity index is 452. The van der Waals surface area contributed by atoms with Crippen LogP contribution >= 0.6 is 0 Å². The molecule has 0 heterocycles. The highest BCUT2D eigenvalue weighted by Gasteiger charge is 2.19. The first-order chi connectivity index (χ1) is 9.45. The first kappa shape index (κ1) is 16.5. The van der Waals surface area contributed by atoms with Crippen LogP contribution in [0.2, 0.25) is 0 Å². The Hall–Kier alpha value is -1.53. The van der Waals surface area contributed by atoms with Crippen molar-refractivity contribution in [3.05, 3.63) is 39.7 Å². The van der Waals surface area contributed by atoms with Crippen molar-refractivity contribution in [1.29, 1.82) is 0 Å². The van der Waals surface area contributed by atoms with Crippen LogP contribution in [0.5, 0.6) is 0 Å². The number of nitro groups is 1. The maximum atomic E-state index is 14.0. The monoisotopic (exact) mass is 284 g/mol. The van der Waals surface area contributed by atoms with Crippen LogP contribution in [-0.2, 0) is 11.3 Å². The average Bonchev–Trinajstić information content (AvgIpc) is 2.37. The summed E-state index contributed by atoms with van der Waals surface area (Å²) in [4.78, 5) is 12.1. The molecular formula is C14H21FN2O3. The molecule has 112 valence electrons. The lowest BCUT2D eigenvalue weighted by Gasteiger charge is -2.24. The molecule has 0 aliphatic heterocycles. The van der Waals surface area contributed by atoms with Crippen LogP contribution in [0.3, 0.4) is 0 Å². The Morgan fingerprint density at radius 3 is 2.70 bits per heavy atom. The first-order valence-electron chi connectivity index (χ1n) is 6.58. The Kier molecular flexibility index (Phi) is 6.54. The van der Waals surface area contributed by atoms with Gasteiger partial charge in [0, 0.05) is 38.4 Å². The molecule has 6 heteroatoms. The number of nitro benzene ring substituents is 1. The van der Waals surface area contributed by atoms with Gasteiger partial charge >= 0.3 is 5.69 Å². The van der Waals surface area contributed by atoms with Crippen LogP contribution in [-0.4, -0.2) is 36.6 Å². The summed E-state index contributed by atoms with van der Waals surface area (Å²) in [5.41, 5.74) is -0.130. The van der Waals surface area contributed by atoms with Gasteiger partial charge in [-0.25, -0.2) is 0 Å². The zero-order valence-electron chi connectivity index (χ0n) is 12.1. The number of benzene rings is 1. The summed E-state index contributed by atoms with van der Waals surface area (Å²) in [6.45, 7) is 6.48. The van der Waals surface area contributed by atoms with E-state index in [2.05, 4.69) is 13.8 Å². The Morgan fingerprint density at radius 2 is 2.15 bits per heavy atom. The van der Waals surface area contributed by atoms with Crippen molar-refractivity contribution in [1.82, 2.24) is 4.90 Å². The third-order valence-electron chi connectivity index (χ3n) is 2.88. The van der Waals surface area contributed by atoms with E-state index in [9.17, 15) is 14.5 Å². The van der Waals surface area contributed by atoms with E-state index in [1.54, 1.807) is 13.2 Å². The van der Waals surface area contributed by atoms with E-state index >= 15 is 0 Å². The molecule has 0 fully saturated rings. The fraction of sp³-hybridized carbons (Fsp3) is 0.571. The second-order valence-corrected chi connectivity index (χ2v) is 5.13. The molecule has 0 saturated carbocycles. The number of ether oxygens (including phenoxy) is 1. The van der Waals surface area contributed by atoms with Crippen molar-refractivity contribution < 1.29 is 14.1 Å². The van der Waals surface area contributed by atoms with E-state index < -0.39 is 16.4 Å².